The van der Waals surface area contributed by atoms with Crippen molar-refractivity contribution in [2.45, 2.75) is 76.7 Å². The van der Waals surface area contributed by atoms with Gasteiger partial charge in [0.1, 0.15) is 11.7 Å². The molecule has 2 saturated heterocycles. The molecule has 0 aliphatic carbocycles. The van der Waals surface area contributed by atoms with Crippen molar-refractivity contribution in [1.29, 1.82) is 0 Å². The van der Waals surface area contributed by atoms with Crippen LogP contribution in [0.5, 0.6) is 0 Å². The monoisotopic (exact) mass is 458 g/mol. The van der Waals surface area contributed by atoms with Gasteiger partial charge in [0, 0.05) is 43.7 Å². The number of hydrogen-bond donors (Lipinski definition) is 0. The van der Waals surface area contributed by atoms with E-state index in [0.717, 1.165) is 25.3 Å². The molecule has 8 heteroatoms. The van der Waals surface area contributed by atoms with Crippen LogP contribution in [0.4, 0.5) is 13.6 Å². The van der Waals surface area contributed by atoms with Crippen molar-refractivity contribution in [3.8, 4) is 0 Å². The van der Waals surface area contributed by atoms with Crippen LogP contribution in [0.15, 0.2) is 24.3 Å². The molecule has 2 heterocycles. The molecule has 0 bridgehead atoms. The van der Waals surface area contributed by atoms with Crippen LogP contribution in [0.25, 0.3) is 0 Å². The summed E-state index contributed by atoms with van der Waals surface area (Å²) in [6.45, 7) is 7.99. The van der Waals surface area contributed by atoms with Crippen LogP contribution >= 0.6 is 11.6 Å². The number of alkyl halides is 2. The van der Waals surface area contributed by atoms with Crippen LogP contribution < -0.4 is 0 Å². The van der Waals surface area contributed by atoms with Crippen molar-refractivity contribution in [2.75, 3.05) is 26.2 Å². The Morgan fingerprint density at radius 1 is 1.16 bits per heavy atom. The Kier molecular flexibility index (Phi) is 7.49. The molecule has 2 fully saturated rings. The minimum absolute atomic E-state index is 0.00199. The average Bonchev–Trinajstić information content (AvgIpc) is 2.68. The average molecular weight is 459 g/mol. The lowest BCUT2D eigenvalue weighted by Crippen LogP contribution is -2.60. The maximum Gasteiger partial charge on any atom is 0.410 e. The SMILES string of the molecule is CC(C)(C)OC(=O)N1CCC(N2CC(C(C)(F)F)OCC2Cc2ccc(Cl)cc2)CC1. The molecule has 0 saturated carbocycles. The molecule has 1 aromatic rings. The van der Waals surface area contributed by atoms with Crippen molar-refractivity contribution in [3.05, 3.63) is 34.9 Å². The Morgan fingerprint density at radius 2 is 1.77 bits per heavy atom. The summed E-state index contributed by atoms with van der Waals surface area (Å²) < 4.78 is 39.1. The van der Waals surface area contributed by atoms with Crippen molar-refractivity contribution < 1.29 is 23.0 Å². The van der Waals surface area contributed by atoms with Crippen molar-refractivity contribution in [3.63, 3.8) is 0 Å². The molecule has 5 nitrogen and oxygen atoms in total. The van der Waals surface area contributed by atoms with E-state index in [2.05, 4.69) is 4.90 Å². The predicted octanol–water partition coefficient (Wildman–Crippen LogP) is 5.01. The Hall–Kier alpha value is -1.44. The van der Waals surface area contributed by atoms with Gasteiger partial charge < -0.3 is 14.4 Å². The maximum atomic E-state index is 14.0. The van der Waals surface area contributed by atoms with Crippen molar-refractivity contribution >= 4 is 17.7 Å². The van der Waals surface area contributed by atoms with Gasteiger partial charge in [-0.3, -0.25) is 4.90 Å². The molecule has 2 aliphatic heterocycles. The van der Waals surface area contributed by atoms with E-state index in [-0.39, 0.29) is 31.3 Å². The number of carbonyl (C=O) groups excluding carboxylic acids is 1. The second-order valence-corrected chi connectivity index (χ2v) is 10.1. The number of rotatable bonds is 4. The van der Waals surface area contributed by atoms with E-state index in [0.29, 0.717) is 24.5 Å². The molecule has 0 aromatic heterocycles. The van der Waals surface area contributed by atoms with Crippen LogP contribution in [0.2, 0.25) is 5.02 Å². The second kappa shape index (κ2) is 9.59. The number of benzene rings is 1. The highest BCUT2D eigenvalue weighted by Crippen LogP contribution is 2.31. The largest absolute Gasteiger partial charge is 0.444 e. The lowest BCUT2D eigenvalue weighted by Gasteiger charge is -2.47. The van der Waals surface area contributed by atoms with Gasteiger partial charge in [-0.15, -0.1) is 0 Å². The second-order valence-electron chi connectivity index (χ2n) is 9.66. The number of hydrogen-bond acceptors (Lipinski definition) is 4. The number of piperidine rings is 1. The zero-order chi connectivity index (χ0) is 22.8. The smallest absolute Gasteiger partial charge is 0.410 e. The summed E-state index contributed by atoms with van der Waals surface area (Å²) in [5, 5.41) is 0.667. The highest BCUT2D eigenvalue weighted by molar-refractivity contribution is 6.30. The summed E-state index contributed by atoms with van der Waals surface area (Å²) in [5.41, 5.74) is 0.553. The molecular formula is C23H33ClF2N2O3. The van der Waals surface area contributed by atoms with Gasteiger partial charge in [0.15, 0.2) is 0 Å². The molecule has 1 amide bonds. The molecule has 1 aromatic carbocycles. The van der Waals surface area contributed by atoms with Gasteiger partial charge in [0.2, 0.25) is 0 Å². The third-order valence-corrected chi connectivity index (χ3v) is 6.12. The van der Waals surface area contributed by atoms with Crippen molar-refractivity contribution in [2.24, 2.45) is 0 Å². The van der Waals surface area contributed by atoms with E-state index in [1.54, 1.807) is 4.90 Å². The molecule has 3 rings (SSSR count). The first-order valence-corrected chi connectivity index (χ1v) is 11.3. The van der Waals surface area contributed by atoms with Gasteiger partial charge in [0.05, 0.1) is 6.61 Å². The first-order chi connectivity index (χ1) is 14.4. The Labute approximate surface area is 188 Å². The van der Waals surface area contributed by atoms with Crippen LogP contribution in [0.3, 0.4) is 0 Å². The predicted molar refractivity (Wildman–Crippen MR) is 117 cm³/mol. The molecule has 2 atom stereocenters. The van der Waals surface area contributed by atoms with Crippen LogP contribution in [-0.2, 0) is 15.9 Å². The summed E-state index contributed by atoms with van der Waals surface area (Å²) in [4.78, 5) is 16.3. The van der Waals surface area contributed by atoms with Gasteiger partial charge in [0.25, 0.3) is 5.92 Å². The zero-order valence-corrected chi connectivity index (χ0v) is 19.5. The lowest BCUT2D eigenvalue weighted by atomic mass is 9.95. The molecular weight excluding hydrogens is 426 g/mol. The van der Waals surface area contributed by atoms with Gasteiger partial charge in [-0.1, -0.05) is 23.7 Å². The van der Waals surface area contributed by atoms with E-state index in [1.807, 2.05) is 45.0 Å². The third-order valence-electron chi connectivity index (χ3n) is 5.87. The molecule has 174 valence electrons. The molecule has 0 radical (unpaired) electrons. The van der Waals surface area contributed by atoms with E-state index in [1.165, 1.54) is 0 Å². The minimum atomic E-state index is -2.90. The van der Waals surface area contributed by atoms with Gasteiger partial charge >= 0.3 is 6.09 Å². The molecule has 31 heavy (non-hydrogen) atoms. The quantitative estimate of drug-likeness (QED) is 0.636. The number of likely N-dealkylation sites (tertiary alicyclic amines) is 1. The molecule has 0 spiro atoms. The minimum Gasteiger partial charge on any atom is -0.444 e. The number of morpholine rings is 1. The summed E-state index contributed by atoms with van der Waals surface area (Å²) in [6, 6.07) is 7.72. The molecule has 2 aliphatic rings. The number of amides is 1. The zero-order valence-electron chi connectivity index (χ0n) is 18.7. The molecule has 2 unspecified atom stereocenters. The Morgan fingerprint density at radius 3 is 2.32 bits per heavy atom. The van der Waals surface area contributed by atoms with Crippen LogP contribution in [-0.4, -0.2) is 71.8 Å². The van der Waals surface area contributed by atoms with Gasteiger partial charge in [-0.25, -0.2) is 13.6 Å². The number of nitrogens with zero attached hydrogens (tertiary/aromatic N) is 2. The maximum absolute atomic E-state index is 14.0. The normalized spacial score (nSPS) is 24.3. The first kappa shape index (κ1) is 24.2. The fraction of sp³-hybridized carbons (Fsp3) is 0.696. The van der Waals surface area contributed by atoms with Gasteiger partial charge in [-0.2, -0.15) is 0 Å². The topological polar surface area (TPSA) is 42.0 Å². The van der Waals surface area contributed by atoms with Crippen molar-refractivity contribution in [1.82, 2.24) is 9.80 Å². The summed E-state index contributed by atoms with van der Waals surface area (Å²) in [5.74, 6) is -2.90. The highest BCUT2D eigenvalue weighted by atomic mass is 35.5. The Bertz CT molecular complexity index is 741. The Balaban J connectivity index is 1.68. The third kappa shape index (κ3) is 6.77. The lowest BCUT2D eigenvalue weighted by molar-refractivity contribution is -0.179. The van der Waals surface area contributed by atoms with Crippen LogP contribution in [0, 0.1) is 0 Å². The summed E-state index contributed by atoms with van der Waals surface area (Å²) in [6.07, 6.45) is 0.698. The highest BCUT2D eigenvalue weighted by Gasteiger charge is 2.44. The van der Waals surface area contributed by atoms with Crippen LogP contribution in [0.1, 0.15) is 46.1 Å². The van der Waals surface area contributed by atoms with E-state index in [4.69, 9.17) is 21.1 Å². The summed E-state index contributed by atoms with van der Waals surface area (Å²) >= 11 is 5.99. The standard InChI is InChI=1S/C23H33ClF2N2O3/c1-22(2,3)31-21(29)27-11-9-18(10-12-27)28-14-20(23(4,25)26)30-15-19(28)13-16-5-7-17(24)8-6-16/h5-8,18-20H,9-15H2,1-4H3. The van der Waals surface area contributed by atoms with E-state index >= 15 is 0 Å². The van der Waals surface area contributed by atoms with Gasteiger partial charge in [-0.05, 0) is 57.7 Å². The van der Waals surface area contributed by atoms with E-state index in [9.17, 15) is 13.6 Å². The number of halogens is 3. The first-order valence-electron chi connectivity index (χ1n) is 10.9. The van der Waals surface area contributed by atoms with E-state index < -0.39 is 17.6 Å². The summed E-state index contributed by atoms with van der Waals surface area (Å²) in [7, 11) is 0. The molecule has 0 N–H and O–H groups in total. The number of carbonyl (C=O) groups is 1. The fourth-order valence-electron chi connectivity index (χ4n) is 4.25. The fourth-order valence-corrected chi connectivity index (χ4v) is 4.37. The number of ether oxygens (including phenoxy) is 2.